The van der Waals surface area contributed by atoms with Gasteiger partial charge in [-0.3, -0.25) is 19.7 Å². The number of hydrazine groups is 1. The van der Waals surface area contributed by atoms with E-state index in [1.54, 1.807) is 12.1 Å². The number of rotatable bonds is 8. The first-order valence-electron chi connectivity index (χ1n) is 9.00. The van der Waals surface area contributed by atoms with Crippen LogP contribution in [0.15, 0.2) is 24.3 Å². The summed E-state index contributed by atoms with van der Waals surface area (Å²) in [7, 11) is -2.87. The molecule has 1 aliphatic heterocycles. The summed E-state index contributed by atoms with van der Waals surface area (Å²) in [6.45, 7) is 2.77. The molecule has 2 unspecified atom stereocenters. The van der Waals surface area contributed by atoms with Gasteiger partial charge in [0.05, 0.1) is 6.04 Å². The largest absolute Gasteiger partial charge is 0.508 e. The molecule has 1 aromatic carbocycles. The summed E-state index contributed by atoms with van der Waals surface area (Å²) in [4.78, 5) is 24.9. The van der Waals surface area contributed by atoms with Crippen molar-refractivity contribution in [2.45, 2.75) is 43.9 Å². The molecule has 0 bridgehead atoms. The molecule has 7 N–H and O–H groups in total. The van der Waals surface area contributed by atoms with E-state index >= 15 is 0 Å². The molecule has 0 spiro atoms. The standard InChI is InChI=1S/C17H28N5O4P/c1-2-9-20-15(24)14(11-12-4-6-13(23)7-5-12)21-27(26)17(18)8-3-10-22(19)16(17)25/h4-7,14,23,27H,2-3,8-11,18-19H2,1H3,(H,20,24)(H,21,26)/t14?,17-/m0/s1. The highest BCUT2D eigenvalue weighted by Gasteiger charge is 2.45. The number of carbonyl (C=O) groups excluding carboxylic acids is 2. The lowest BCUT2D eigenvalue weighted by Gasteiger charge is -2.37. The van der Waals surface area contributed by atoms with Crippen LogP contribution in [0.2, 0.25) is 0 Å². The molecule has 1 fully saturated rings. The van der Waals surface area contributed by atoms with Gasteiger partial charge in [-0.15, -0.1) is 0 Å². The topological polar surface area (TPSA) is 151 Å². The van der Waals surface area contributed by atoms with Crippen LogP contribution in [-0.2, 0) is 20.6 Å². The molecule has 2 amide bonds. The molecule has 0 aromatic heterocycles. The Morgan fingerprint density at radius 1 is 1.41 bits per heavy atom. The van der Waals surface area contributed by atoms with Gasteiger partial charge in [0, 0.05) is 13.1 Å². The Labute approximate surface area is 159 Å². The second-order valence-corrected chi connectivity index (χ2v) is 8.60. The van der Waals surface area contributed by atoms with Gasteiger partial charge < -0.3 is 20.7 Å². The minimum absolute atomic E-state index is 0.115. The lowest BCUT2D eigenvalue weighted by molar-refractivity contribution is -0.137. The van der Waals surface area contributed by atoms with Crippen LogP contribution in [0, 0.1) is 0 Å². The number of hydrogen-bond acceptors (Lipinski definition) is 6. The summed E-state index contributed by atoms with van der Waals surface area (Å²) in [6, 6.07) is 5.57. The van der Waals surface area contributed by atoms with Crippen molar-refractivity contribution < 1.29 is 19.3 Å². The zero-order valence-electron chi connectivity index (χ0n) is 15.4. The first-order chi connectivity index (χ1) is 12.8. The van der Waals surface area contributed by atoms with E-state index in [0.29, 0.717) is 19.5 Å². The SMILES string of the molecule is CCCNC(=O)C(Cc1ccc(O)cc1)N[PH](=O)[C@@]1(N)CCCN(N)C1=O. The van der Waals surface area contributed by atoms with E-state index in [4.69, 9.17) is 11.6 Å². The van der Waals surface area contributed by atoms with Crippen molar-refractivity contribution in [3.8, 4) is 5.75 Å². The number of piperidine rings is 1. The molecular weight excluding hydrogens is 369 g/mol. The van der Waals surface area contributed by atoms with Gasteiger partial charge >= 0.3 is 0 Å². The predicted molar refractivity (Wildman–Crippen MR) is 103 cm³/mol. The Hall–Kier alpha value is -1.93. The third kappa shape index (κ3) is 5.29. The van der Waals surface area contributed by atoms with Crippen molar-refractivity contribution in [3.05, 3.63) is 29.8 Å². The van der Waals surface area contributed by atoms with Gasteiger partial charge in [0.1, 0.15) is 5.75 Å². The van der Waals surface area contributed by atoms with Crippen molar-refractivity contribution in [2.75, 3.05) is 13.1 Å². The fourth-order valence-corrected chi connectivity index (χ4v) is 4.49. The van der Waals surface area contributed by atoms with Gasteiger partial charge in [0.2, 0.25) is 5.91 Å². The zero-order chi connectivity index (χ0) is 20.0. The van der Waals surface area contributed by atoms with E-state index in [-0.39, 0.29) is 24.5 Å². The molecule has 0 radical (unpaired) electrons. The number of nitrogens with one attached hydrogen (secondary N) is 2. The number of phenolic OH excluding ortho intramolecular Hbond substituents is 1. The van der Waals surface area contributed by atoms with E-state index < -0.39 is 25.2 Å². The number of aromatic hydroxyl groups is 1. The molecule has 0 aliphatic carbocycles. The predicted octanol–water partition coefficient (Wildman–Crippen LogP) is 0.0449. The summed E-state index contributed by atoms with van der Waals surface area (Å²) >= 11 is 0. The molecule has 1 saturated heterocycles. The molecule has 3 atom stereocenters. The van der Waals surface area contributed by atoms with E-state index in [2.05, 4.69) is 10.4 Å². The number of phenols is 1. The van der Waals surface area contributed by atoms with Crippen LogP contribution in [0.5, 0.6) is 5.75 Å². The highest BCUT2D eigenvalue weighted by atomic mass is 31.1. The summed E-state index contributed by atoms with van der Waals surface area (Å²) in [5.41, 5.74) is 6.90. The molecular formula is C17H28N5O4P. The van der Waals surface area contributed by atoms with Crippen molar-refractivity contribution in [1.82, 2.24) is 15.4 Å². The van der Waals surface area contributed by atoms with Crippen molar-refractivity contribution in [1.29, 1.82) is 0 Å². The lowest BCUT2D eigenvalue weighted by Crippen LogP contribution is -2.60. The monoisotopic (exact) mass is 397 g/mol. The summed E-state index contributed by atoms with van der Waals surface area (Å²) in [6.07, 6.45) is 1.78. The van der Waals surface area contributed by atoms with Gasteiger partial charge in [-0.25, -0.2) is 5.84 Å². The molecule has 0 saturated carbocycles. The van der Waals surface area contributed by atoms with E-state index in [1.807, 2.05) is 6.92 Å². The molecule has 9 nitrogen and oxygen atoms in total. The van der Waals surface area contributed by atoms with Gasteiger partial charge in [-0.1, -0.05) is 19.1 Å². The Balaban J connectivity index is 2.17. The number of carbonyl (C=O) groups is 2. The van der Waals surface area contributed by atoms with Gasteiger partial charge in [0.25, 0.3) is 5.91 Å². The quantitative estimate of drug-likeness (QED) is 0.236. The first kappa shape index (κ1) is 21.4. The highest BCUT2D eigenvalue weighted by molar-refractivity contribution is 7.45. The summed E-state index contributed by atoms with van der Waals surface area (Å²) in [5, 5.41) is 14.4. The van der Waals surface area contributed by atoms with Gasteiger partial charge in [0.15, 0.2) is 13.2 Å². The number of benzene rings is 1. The van der Waals surface area contributed by atoms with Crippen molar-refractivity contribution in [3.63, 3.8) is 0 Å². The highest BCUT2D eigenvalue weighted by Crippen LogP contribution is 2.39. The van der Waals surface area contributed by atoms with Crippen molar-refractivity contribution >= 4 is 19.8 Å². The number of nitrogens with two attached hydrogens (primary N) is 2. The summed E-state index contributed by atoms with van der Waals surface area (Å²) < 4.78 is 12.9. The Morgan fingerprint density at radius 3 is 2.70 bits per heavy atom. The normalized spacial score (nSPS) is 22.3. The first-order valence-corrected chi connectivity index (χ1v) is 10.4. The molecule has 2 rings (SSSR count). The summed E-state index contributed by atoms with van der Waals surface area (Å²) in [5.74, 6) is 4.85. The number of nitrogens with zero attached hydrogens (tertiary/aromatic N) is 1. The second kappa shape index (κ2) is 9.32. The fraction of sp³-hybridized carbons (Fsp3) is 0.529. The third-order valence-electron chi connectivity index (χ3n) is 4.57. The van der Waals surface area contributed by atoms with E-state index in [9.17, 15) is 19.3 Å². The van der Waals surface area contributed by atoms with Gasteiger partial charge in [-0.2, -0.15) is 0 Å². The number of amides is 2. The third-order valence-corrected chi connectivity index (χ3v) is 6.45. The maximum absolute atomic E-state index is 12.9. The average Bonchev–Trinajstić information content (AvgIpc) is 2.65. The lowest BCUT2D eigenvalue weighted by atomic mass is 10.1. The second-order valence-electron chi connectivity index (χ2n) is 6.76. The fourth-order valence-electron chi connectivity index (χ4n) is 2.94. The molecule has 27 heavy (non-hydrogen) atoms. The Bertz CT molecular complexity index is 699. The molecule has 1 aromatic rings. The van der Waals surface area contributed by atoms with Crippen LogP contribution >= 0.6 is 7.95 Å². The maximum atomic E-state index is 12.9. The molecule has 10 heteroatoms. The molecule has 150 valence electrons. The van der Waals surface area contributed by atoms with Crippen LogP contribution in [0.25, 0.3) is 0 Å². The van der Waals surface area contributed by atoms with Crippen molar-refractivity contribution in [2.24, 2.45) is 11.6 Å². The Kier molecular flexibility index (Phi) is 7.38. The maximum Gasteiger partial charge on any atom is 0.265 e. The van der Waals surface area contributed by atoms with Crippen LogP contribution < -0.4 is 22.0 Å². The van der Waals surface area contributed by atoms with Crippen LogP contribution in [-0.4, -0.2) is 46.3 Å². The van der Waals surface area contributed by atoms with Gasteiger partial charge in [-0.05, 0) is 43.4 Å². The number of hydrogen-bond donors (Lipinski definition) is 5. The zero-order valence-corrected chi connectivity index (χ0v) is 16.4. The molecule has 1 aliphatic rings. The minimum Gasteiger partial charge on any atom is -0.508 e. The van der Waals surface area contributed by atoms with Crippen LogP contribution in [0.4, 0.5) is 0 Å². The van der Waals surface area contributed by atoms with Crippen LogP contribution in [0.3, 0.4) is 0 Å². The van der Waals surface area contributed by atoms with E-state index in [0.717, 1.165) is 17.0 Å². The van der Waals surface area contributed by atoms with Crippen LogP contribution in [0.1, 0.15) is 31.7 Å². The Morgan fingerprint density at radius 2 is 2.07 bits per heavy atom. The minimum atomic E-state index is -2.87. The molecule has 1 heterocycles. The smallest absolute Gasteiger partial charge is 0.265 e. The van der Waals surface area contributed by atoms with E-state index in [1.165, 1.54) is 12.1 Å². The average molecular weight is 397 g/mol.